The third-order valence-electron chi connectivity index (χ3n) is 3.68. The molecule has 0 aliphatic carbocycles. The number of rotatable bonds is 5. The second kappa shape index (κ2) is 6.89. The normalized spacial score (nSPS) is 14.4. The van der Waals surface area contributed by atoms with Gasteiger partial charge < -0.3 is 18.9 Å². The summed E-state index contributed by atoms with van der Waals surface area (Å²) < 4.78 is 21.9. The van der Waals surface area contributed by atoms with Crippen LogP contribution < -0.4 is 18.9 Å². The van der Waals surface area contributed by atoms with Crippen molar-refractivity contribution in [3.63, 3.8) is 0 Å². The van der Waals surface area contributed by atoms with Crippen LogP contribution in [0.25, 0.3) is 6.08 Å². The standard InChI is InChI=1S/C20H20O5/c1-12(2)24-14-5-6-17-18(11-14)25-19(20(17)21)9-13-7-15(22-3)10-16(8-13)23-4/h5-12H,1-4H3. The fourth-order valence-electron chi connectivity index (χ4n) is 2.58. The van der Waals surface area contributed by atoms with Crippen LogP contribution in [-0.4, -0.2) is 26.1 Å². The van der Waals surface area contributed by atoms with Gasteiger partial charge in [-0.15, -0.1) is 0 Å². The maximum atomic E-state index is 12.5. The maximum Gasteiger partial charge on any atom is 0.231 e. The van der Waals surface area contributed by atoms with Gasteiger partial charge in [-0.2, -0.15) is 0 Å². The van der Waals surface area contributed by atoms with E-state index < -0.39 is 0 Å². The van der Waals surface area contributed by atoms with Crippen molar-refractivity contribution in [3.8, 4) is 23.0 Å². The van der Waals surface area contributed by atoms with Gasteiger partial charge in [-0.1, -0.05) is 0 Å². The first-order valence-corrected chi connectivity index (χ1v) is 7.98. The highest BCUT2D eigenvalue weighted by Gasteiger charge is 2.28. The van der Waals surface area contributed by atoms with Crippen molar-refractivity contribution in [2.45, 2.75) is 20.0 Å². The average molecular weight is 340 g/mol. The van der Waals surface area contributed by atoms with Crippen molar-refractivity contribution in [1.29, 1.82) is 0 Å². The van der Waals surface area contributed by atoms with E-state index in [1.54, 1.807) is 44.6 Å². The van der Waals surface area contributed by atoms with E-state index in [4.69, 9.17) is 18.9 Å². The van der Waals surface area contributed by atoms with E-state index >= 15 is 0 Å². The van der Waals surface area contributed by atoms with Crippen molar-refractivity contribution in [2.75, 3.05) is 14.2 Å². The first-order chi connectivity index (χ1) is 12.0. The fraction of sp³-hybridized carbons (Fsp3) is 0.250. The largest absolute Gasteiger partial charge is 0.497 e. The van der Waals surface area contributed by atoms with Crippen molar-refractivity contribution >= 4 is 11.9 Å². The van der Waals surface area contributed by atoms with Crippen LogP contribution in [0, 0.1) is 0 Å². The summed E-state index contributed by atoms with van der Waals surface area (Å²) in [6.45, 7) is 3.89. The summed E-state index contributed by atoms with van der Waals surface area (Å²) in [4.78, 5) is 12.5. The Hall–Kier alpha value is -2.95. The molecule has 3 rings (SSSR count). The Labute approximate surface area is 146 Å². The SMILES string of the molecule is COc1cc(C=C2Oc3cc(OC(C)C)ccc3C2=O)cc(OC)c1. The Balaban J connectivity index is 1.92. The molecule has 0 fully saturated rings. The maximum absolute atomic E-state index is 12.5. The zero-order valence-electron chi connectivity index (χ0n) is 14.7. The predicted molar refractivity (Wildman–Crippen MR) is 94.7 cm³/mol. The lowest BCUT2D eigenvalue weighted by molar-refractivity contribution is 0.101. The summed E-state index contributed by atoms with van der Waals surface area (Å²) >= 11 is 0. The van der Waals surface area contributed by atoms with Gasteiger partial charge in [-0.05, 0) is 49.8 Å². The number of benzene rings is 2. The van der Waals surface area contributed by atoms with Crippen molar-refractivity contribution in [1.82, 2.24) is 0 Å². The van der Waals surface area contributed by atoms with Gasteiger partial charge in [-0.3, -0.25) is 4.79 Å². The summed E-state index contributed by atoms with van der Waals surface area (Å²) in [5.41, 5.74) is 1.28. The molecular formula is C20H20O5. The smallest absolute Gasteiger partial charge is 0.231 e. The Morgan fingerprint density at radius 3 is 2.24 bits per heavy atom. The Morgan fingerprint density at radius 1 is 0.960 bits per heavy atom. The van der Waals surface area contributed by atoms with Gasteiger partial charge in [0, 0.05) is 12.1 Å². The van der Waals surface area contributed by atoms with E-state index in [0.29, 0.717) is 28.6 Å². The Kier molecular flexibility index (Phi) is 4.65. The van der Waals surface area contributed by atoms with Gasteiger partial charge in [0.05, 0.1) is 25.9 Å². The van der Waals surface area contributed by atoms with E-state index in [2.05, 4.69) is 0 Å². The first-order valence-electron chi connectivity index (χ1n) is 7.98. The van der Waals surface area contributed by atoms with Crippen molar-refractivity contribution in [3.05, 3.63) is 53.3 Å². The van der Waals surface area contributed by atoms with E-state index in [0.717, 1.165) is 5.56 Å². The highest BCUT2D eigenvalue weighted by Crippen LogP contribution is 2.35. The number of hydrogen-bond acceptors (Lipinski definition) is 5. The molecule has 2 aromatic carbocycles. The monoisotopic (exact) mass is 340 g/mol. The summed E-state index contributed by atoms with van der Waals surface area (Å²) in [6, 6.07) is 10.6. The molecule has 0 radical (unpaired) electrons. The number of carbonyl (C=O) groups is 1. The molecule has 5 nitrogen and oxygen atoms in total. The van der Waals surface area contributed by atoms with E-state index in [-0.39, 0.29) is 17.6 Å². The number of ketones is 1. The number of Topliss-reactive ketones (excluding diaryl/α,β-unsaturated/α-hetero) is 1. The average Bonchev–Trinajstić information content (AvgIpc) is 2.89. The zero-order chi connectivity index (χ0) is 18.0. The van der Waals surface area contributed by atoms with Gasteiger partial charge in [0.2, 0.25) is 5.78 Å². The molecule has 0 bridgehead atoms. The first kappa shape index (κ1) is 16.9. The fourth-order valence-corrected chi connectivity index (χ4v) is 2.58. The molecule has 0 spiro atoms. The number of fused-ring (bicyclic) bond motifs is 1. The predicted octanol–water partition coefficient (Wildman–Crippen LogP) is 4.11. The molecule has 130 valence electrons. The molecule has 5 heteroatoms. The lowest BCUT2D eigenvalue weighted by Gasteiger charge is -2.09. The molecule has 25 heavy (non-hydrogen) atoms. The van der Waals surface area contributed by atoms with Crippen LogP contribution in [-0.2, 0) is 0 Å². The molecule has 0 unspecified atom stereocenters. The van der Waals surface area contributed by atoms with Crippen molar-refractivity contribution < 1.29 is 23.7 Å². The molecule has 1 aliphatic rings. The van der Waals surface area contributed by atoms with Crippen LogP contribution in [0.4, 0.5) is 0 Å². The Bertz CT molecular complexity index is 814. The minimum absolute atomic E-state index is 0.0504. The number of hydrogen-bond donors (Lipinski definition) is 0. The molecule has 1 aliphatic heterocycles. The van der Waals surface area contributed by atoms with Gasteiger partial charge in [0.25, 0.3) is 0 Å². The number of allylic oxidation sites excluding steroid dienone is 1. The highest BCUT2D eigenvalue weighted by atomic mass is 16.5. The molecule has 0 saturated heterocycles. The minimum atomic E-state index is -0.159. The molecule has 1 heterocycles. The van der Waals surface area contributed by atoms with Crippen LogP contribution in [0.1, 0.15) is 29.8 Å². The zero-order valence-corrected chi connectivity index (χ0v) is 14.7. The van der Waals surface area contributed by atoms with Gasteiger partial charge in [0.15, 0.2) is 5.76 Å². The molecule has 0 N–H and O–H groups in total. The Morgan fingerprint density at radius 2 is 1.64 bits per heavy atom. The van der Waals surface area contributed by atoms with Gasteiger partial charge in [0.1, 0.15) is 23.0 Å². The molecule has 0 amide bonds. The highest BCUT2D eigenvalue weighted by molar-refractivity contribution is 6.14. The van der Waals surface area contributed by atoms with Crippen LogP contribution in [0.3, 0.4) is 0 Å². The molecule has 0 saturated carbocycles. The lowest BCUT2D eigenvalue weighted by atomic mass is 10.1. The molecule has 0 aromatic heterocycles. The van der Waals surface area contributed by atoms with Gasteiger partial charge >= 0.3 is 0 Å². The van der Waals surface area contributed by atoms with E-state index in [9.17, 15) is 4.79 Å². The van der Waals surface area contributed by atoms with Crippen LogP contribution in [0.15, 0.2) is 42.2 Å². The lowest BCUT2D eigenvalue weighted by Crippen LogP contribution is -2.05. The van der Waals surface area contributed by atoms with Crippen LogP contribution in [0.2, 0.25) is 0 Å². The second-order valence-corrected chi connectivity index (χ2v) is 5.91. The summed E-state index contributed by atoms with van der Waals surface area (Å²) in [5.74, 6) is 2.55. The summed E-state index contributed by atoms with van der Waals surface area (Å²) in [6.07, 6.45) is 1.73. The third kappa shape index (κ3) is 3.60. The second-order valence-electron chi connectivity index (χ2n) is 5.91. The quantitative estimate of drug-likeness (QED) is 0.767. The number of ether oxygens (including phenoxy) is 4. The molecular weight excluding hydrogens is 320 g/mol. The third-order valence-corrected chi connectivity index (χ3v) is 3.68. The number of methoxy groups -OCH3 is 2. The van der Waals surface area contributed by atoms with Crippen LogP contribution in [0.5, 0.6) is 23.0 Å². The molecule has 2 aromatic rings. The topological polar surface area (TPSA) is 54.0 Å². The number of carbonyl (C=O) groups excluding carboxylic acids is 1. The molecule has 0 atom stereocenters. The van der Waals surface area contributed by atoms with E-state index in [1.807, 2.05) is 26.0 Å². The summed E-state index contributed by atoms with van der Waals surface area (Å²) in [7, 11) is 3.16. The van der Waals surface area contributed by atoms with Crippen LogP contribution >= 0.6 is 0 Å². The van der Waals surface area contributed by atoms with Crippen molar-refractivity contribution in [2.24, 2.45) is 0 Å². The van der Waals surface area contributed by atoms with E-state index in [1.165, 1.54) is 0 Å². The van der Waals surface area contributed by atoms with Gasteiger partial charge in [-0.25, -0.2) is 0 Å². The minimum Gasteiger partial charge on any atom is -0.497 e. The summed E-state index contributed by atoms with van der Waals surface area (Å²) in [5, 5.41) is 0.